The van der Waals surface area contributed by atoms with Crippen LogP contribution in [0.25, 0.3) is 0 Å². The van der Waals surface area contributed by atoms with E-state index in [1.807, 2.05) is 0 Å². The van der Waals surface area contributed by atoms with Gasteiger partial charge in [0, 0.05) is 5.25 Å². The molecule has 0 amide bonds. The maximum Gasteiger partial charge on any atom is 0.306 e. The van der Waals surface area contributed by atoms with Gasteiger partial charge in [0.1, 0.15) is 0 Å². The zero-order valence-corrected chi connectivity index (χ0v) is 18.0. The molecule has 0 aliphatic rings. The molecule has 0 saturated heterocycles. The molecule has 0 spiro atoms. The number of carbonyl (C=O) groups excluding carboxylic acids is 1. The first kappa shape index (κ1) is 24.8. The second kappa shape index (κ2) is 20.1. The number of thiol groups is 1. The lowest BCUT2D eigenvalue weighted by molar-refractivity contribution is -0.143. The monoisotopic (exact) mass is 372 g/mol. The standard InChI is InChI=1S/C22H44O2S/c1-3-5-7-8-9-10-11-12-13-14-15-16-17-18-21(25)20-22(23)24-19-6-4-2/h21,25H,3-20H2,1-2H3. The highest BCUT2D eigenvalue weighted by Gasteiger charge is 2.10. The second-order valence-corrected chi connectivity index (χ2v) is 8.19. The van der Waals surface area contributed by atoms with Crippen molar-refractivity contribution in [3.63, 3.8) is 0 Å². The molecule has 0 fully saturated rings. The Morgan fingerprint density at radius 2 is 1.16 bits per heavy atom. The van der Waals surface area contributed by atoms with Crippen LogP contribution in [-0.2, 0) is 9.53 Å². The minimum absolute atomic E-state index is 0.0804. The van der Waals surface area contributed by atoms with Crippen molar-refractivity contribution in [1.29, 1.82) is 0 Å². The molecule has 0 rings (SSSR count). The molecule has 0 aliphatic heterocycles. The Bertz CT molecular complexity index is 281. The number of ether oxygens (including phenoxy) is 1. The fourth-order valence-electron chi connectivity index (χ4n) is 3.08. The Balaban J connectivity index is 3.23. The molecule has 0 aromatic heterocycles. The van der Waals surface area contributed by atoms with Gasteiger partial charge < -0.3 is 4.74 Å². The highest BCUT2D eigenvalue weighted by atomic mass is 32.1. The van der Waals surface area contributed by atoms with Crippen molar-refractivity contribution in [2.45, 2.75) is 128 Å². The summed E-state index contributed by atoms with van der Waals surface area (Å²) in [6, 6.07) is 0. The number of hydrogen-bond donors (Lipinski definition) is 1. The highest BCUT2D eigenvalue weighted by Crippen LogP contribution is 2.16. The molecular formula is C22H44O2S. The van der Waals surface area contributed by atoms with Gasteiger partial charge in [0.05, 0.1) is 13.0 Å². The number of carbonyl (C=O) groups is 1. The molecule has 0 saturated carbocycles. The number of esters is 1. The Morgan fingerprint density at radius 1 is 0.720 bits per heavy atom. The maximum atomic E-state index is 11.6. The lowest BCUT2D eigenvalue weighted by Gasteiger charge is -2.10. The molecule has 0 aliphatic carbocycles. The van der Waals surface area contributed by atoms with Gasteiger partial charge in [0.2, 0.25) is 0 Å². The predicted molar refractivity (Wildman–Crippen MR) is 114 cm³/mol. The van der Waals surface area contributed by atoms with E-state index in [0.717, 1.165) is 19.3 Å². The van der Waals surface area contributed by atoms with Crippen LogP contribution in [0.1, 0.15) is 123 Å². The molecular weight excluding hydrogens is 328 g/mol. The summed E-state index contributed by atoms with van der Waals surface area (Å²) >= 11 is 4.53. The number of rotatable bonds is 19. The first-order valence-corrected chi connectivity index (χ1v) is 11.6. The van der Waals surface area contributed by atoms with Gasteiger partial charge in [-0.1, -0.05) is 104 Å². The van der Waals surface area contributed by atoms with Gasteiger partial charge in [0.15, 0.2) is 0 Å². The van der Waals surface area contributed by atoms with Crippen LogP contribution in [-0.4, -0.2) is 17.8 Å². The summed E-state index contributed by atoms with van der Waals surface area (Å²) < 4.78 is 5.18. The zero-order chi connectivity index (χ0) is 18.6. The van der Waals surface area contributed by atoms with E-state index in [9.17, 15) is 4.79 Å². The average molecular weight is 373 g/mol. The van der Waals surface area contributed by atoms with E-state index < -0.39 is 0 Å². The first-order chi connectivity index (χ1) is 12.2. The average Bonchev–Trinajstić information content (AvgIpc) is 2.59. The van der Waals surface area contributed by atoms with Gasteiger partial charge >= 0.3 is 5.97 Å². The van der Waals surface area contributed by atoms with E-state index in [2.05, 4.69) is 26.5 Å². The summed E-state index contributed by atoms with van der Waals surface area (Å²) in [5.41, 5.74) is 0. The smallest absolute Gasteiger partial charge is 0.306 e. The molecule has 0 N–H and O–H groups in total. The van der Waals surface area contributed by atoms with Crippen LogP contribution in [0.15, 0.2) is 0 Å². The Morgan fingerprint density at radius 3 is 1.64 bits per heavy atom. The van der Waals surface area contributed by atoms with Crippen LogP contribution < -0.4 is 0 Å². The lowest BCUT2D eigenvalue weighted by Crippen LogP contribution is -2.12. The van der Waals surface area contributed by atoms with E-state index in [4.69, 9.17) is 4.74 Å². The second-order valence-electron chi connectivity index (χ2n) is 7.46. The van der Waals surface area contributed by atoms with Gasteiger partial charge in [0.25, 0.3) is 0 Å². The van der Waals surface area contributed by atoms with Crippen LogP contribution in [0.2, 0.25) is 0 Å². The molecule has 0 bridgehead atoms. The van der Waals surface area contributed by atoms with Crippen molar-refractivity contribution in [2.75, 3.05) is 6.61 Å². The minimum atomic E-state index is -0.0804. The van der Waals surface area contributed by atoms with Gasteiger partial charge in [-0.15, -0.1) is 0 Å². The Labute approximate surface area is 163 Å². The molecule has 150 valence electrons. The highest BCUT2D eigenvalue weighted by molar-refractivity contribution is 7.81. The third-order valence-corrected chi connectivity index (χ3v) is 5.24. The van der Waals surface area contributed by atoms with Crippen LogP contribution in [0, 0.1) is 0 Å². The number of hydrogen-bond acceptors (Lipinski definition) is 3. The van der Waals surface area contributed by atoms with E-state index in [1.165, 1.54) is 83.5 Å². The minimum Gasteiger partial charge on any atom is -0.466 e. The van der Waals surface area contributed by atoms with E-state index >= 15 is 0 Å². The fourth-order valence-corrected chi connectivity index (χ4v) is 3.41. The molecule has 0 heterocycles. The van der Waals surface area contributed by atoms with Gasteiger partial charge in [-0.05, 0) is 12.8 Å². The summed E-state index contributed by atoms with van der Waals surface area (Å²) in [6.07, 6.45) is 21.4. The van der Waals surface area contributed by atoms with Crippen molar-refractivity contribution >= 4 is 18.6 Å². The summed E-state index contributed by atoms with van der Waals surface area (Å²) in [4.78, 5) is 11.6. The van der Waals surface area contributed by atoms with Gasteiger partial charge in [-0.25, -0.2) is 0 Å². The Kier molecular flexibility index (Phi) is 20.0. The Hall–Kier alpha value is -0.180. The van der Waals surface area contributed by atoms with Crippen molar-refractivity contribution in [3.05, 3.63) is 0 Å². The van der Waals surface area contributed by atoms with Crippen molar-refractivity contribution in [2.24, 2.45) is 0 Å². The normalized spacial score (nSPS) is 12.3. The molecule has 1 atom stereocenters. The summed E-state index contributed by atoms with van der Waals surface area (Å²) in [6.45, 7) is 4.94. The molecule has 0 radical (unpaired) electrons. The van der Waals surface area contributed by atoms with Crippen molar-refractivity contribution in [1.82, 2.24) is 0 Å². The summed E-state index contributed by atoms with van der Waals surface area (Å²) in [5.74, 6) is -0.0804. The molecule has 2 nitrogen and oxygen atoms in total. The first-order valence-electron chi connectivity index (χ1n) is 11.0. The fraction of sp³-hybridized carbons (Fsp3) is 0.955. The summed E-state index contributed by atoms with van der Waals surface area (Å²) in [5, 5.41) is 0.168. The molecule has 0 aromatic rings. The molecule has 3 heteroatoms. The third kappa shape index (κ3) is 20.0. The van der Waals surface area contributed by atoms with Crippen LogP contribution in [0.4, 0.5) is 0 Å². The van der Waals surface area contributed by atoms with E-state index in [-0.39, 0.29) is 11.2 Å². The summed E-state index contributed by atoms with van der Waals surface area (Å²) in [7, 11) is 0. The van der Waals surface area contributed by atoms with Crippen LogP contribution in [0.5, 0.6) is 0 Å². The quantitative estimate of drug-likeness (QED) is 0.144. The van der Waals surface area contributed by atoms with Crippen molar-refractivity contribution < 1.29 is 9.53 Å². The van der Waals surface area contributed by atoms with Gasteiger partial charge in [-0.2, -0.15) is 12.6 Å². The molecule has 0 aromatic carbocycles. The van der Waals surface area contributed by atoms with Crippen LogP contribution >= 0.6 is 12.6 Å². The maximum absolute atomic E-state index is 11.6. The number of unbranched alkanes of at least 4 members (excludes halogenated alkanes) is 13. The largest absolute Gasteiger partial charge is 0.466 e. The topological polar surface area (TPSA) is 26.3 Å². The van der Waals surface area contributed by atoms with Crippen LogP contribution in [0.3, 0.4) is 0 Å². The van der Waals surface area contributed by atoms with Gasteiger partial charge in [-0.3, -0.25) is 4.79 Å². The van der Waals surface area contributed by atoms with E-state index in [0.29, 0.717) is 13.0 Å². The lowest BCUT2D eigenvalue weighted by atomic mass is 10.0. The molecule has 25 heavy (non-hydrogen) atoms. The van der Waals surface area contributed by atoms with E-state index in [1.54, 1.807) is 0 Å². The zero-order valence-electron chi connectivity index (χ0n) is 17.1. The SMILES string of the molecule is CCCCCCCCCCCCCCCC(S)CC(=O)OCCCC. The van der Waals surface area contributed by atoms with Crippen molar-refractivity contribution in [3.8, 4) is 0 Å². The predicted octanol–water partition coefficient (Wildman–Crippen LogP) is 7.50. The molecule has 1 unspecified atom stereocenters. The third-order valence-electron chi connectivity index (χ3n) is 4.80.